The summed E-state index contributed by atoms with van der Waals surface area (Å²) < 4.78 is 48.2. The van der Waals surface area contributed by atoms with Gasteiger partial charge >= 0.3 is 0 Å². The number of methoxy groups -OCH3 is 1. The number of hydrogen-bond donors (Lipinski definition) is 2. The van der Waals surface area contributed by atoms with Gasteiger partial charge in [-0.2, -0.15) is 8.42 Å². The number of furan rings is 1. The molecule has 160 valence electrons. The van der Waals surface area contributed by atoms with Crippen LogP contribution in [0.3, 0.4) is 0 Å². The van der Waals surface area contributed by atoms with Gasteiger partial charge in [-0.25, -0.2) is 0 Å². The number of ether oxygens (including phenoxy) is 1. The highest BCUT2D eigenvalue weighted by Gasteiger charge is 2.23. The topological polar surface area (TPSA) is 150 Å². The van der Waals surface area contributed by atoms with Gasteiger partial charge in [0.15, 0.2) is 5.75 Å². The highest BCUT2D eigenvalue weighted by Crippen LogP contribution is 2.37. The van der Waals surface area contributed by atoms with Crippen molar-refractivity contribution in [2.24, 2.45) is 0 Å². The van der Waals surface area contributed by atoms with Gasteiger partial charge in [-0.05, 0) is 24.3 Å². The zero-order chi connectivity index (χ0) is 21.8. The zero-order valence-electron chi connectivity index (χ0n) is 16.1. The number of rotatable bonds is 8. The summed E-state index contributed by atoms with van der Waals surface area (Å²) in [6.07, 6.45) is 6.75. The largest absolute Gasteiger partial charge is 0.492 e. The first-order chi connectivity index (χ1) is 15.0. The van der Waals surface area contributed by atoms with Crippen molar-refractivity contribution in [1.29, 1.82) is 0 Å². The molecule has 1 amide bonds. The molecule has 0 atom stereocenters. The van der Waals surface area contributed by atoms with E-state index in [1.807, 2.05) is 0 Å². The molecule has 4 aromatic rings. The quantitative estimate of drug-likeness (QED) is 0.391. The minimum Gasteiger partial charge on any atom is -0.492 e. The minimum absolute atomic E-state index is 0.124. The molecule has 31 heavy (non-hydrogen) atoms. The molecule has 4 rings (SSSR count). The van der Waals surface area contributed by atoms with Crippen LogP contribution in [0.4, 0.5) is 5.69 Å². The van der Waals surface area contributed by atoms with E-state index >= 15 is 0 Å². The highest BCUT2D eigenvalue weighted by molar-refractivity contribution is 7.92. The fraction of sp³-hybridized carbons (Fsp3) is 0.105. The minimum atomic E-state index is -4.08. The summed E-state index contributed by atoms with van der Waals surface area (Å²) in [5.41, 5.74) is 0.669. The van der Waals surface area contributed by atoms with E-state index in [9.17, 15) is 13.2 Å². The second kappa shape index (κ2) is 8.36. The molecule has 0 saturated heterocycles. The first-order valence-electron chi connectivity index (χ1n) is 8.85. The van der Waals surface area contributed by atoms with Gasteiger partial charge in [-0.1, -0.05) is 10.3 Å². The van der Waals surface area contributed by atoms with E-state index in [0.29, 0.717) is 16.7 Å². The lowest BCUT2D eigenvalue weighted by atomic mass is 10.1. The van der Waals surface area contributed by atoms with Gasteiger partial charge in [0.05, 0.1) is 38.0 Å². The standard InChI is InChI=1S/C19H16N4O7S/c1-27-19-14(4-5-16(24)20-11-13-3-2-8-28-13)15(9-12-10-22-30-18(12)19)23-31(25,26)17-6-7-21-29-17/h2-10,23H,11H2,1H3,(H,20,24)/b5-4+. The molecule has 0 radical (unpaired) electrons. The molecule has 3 aromatic heterocycles. The number of benzene rings is 1. The van der Waals surface area contributed by atoms with Crippen molar-refractivity contribution < 1.29 is 31.4 Å². The predicted molar refractivity (Wildman–Crippen MR) is 107 cm³/mol. The average Bonchev–Trinajstić information content (AvgIpc) is 3.52. The summed E-state index contributed by atoms with van der Waals surface area (Å²) in [7, 11) is -2.69. The van der Waals surface area contributed by atoms with E-state index in [4.69, 9.17) is 18.2 Å². The molecular formula is C19H16N4O7S. The van der Waals surface area contributed by atoms with E-state index in [-0.39, 0.29) is 28.6 Å². The molecule has 0 fully saturated rings. The molecule has 1 aromatic carbocycles. The Morgan fingerprint density at radius 1 is 1.26 bits per heavy atom. The number of carbonyl (C=O) groups is 1. The second-order valence-electron chi connectivity index (χ2n) is 6.18. The Morgan fingerprint density at radius 2 is 2.13 bits per heavy atom. The first kappa shape index (κ1) is 20.2. The van der Waals surface area contributed by atoms with E-state index in [1.165, 1.54) is 50.1 Å². The van der Waals surface area contributed by atoms with Crippen molar-refractivity contribution in [2.75, 3.05) is 11.8 Å². The molecule has 0 unspecified atom stereocenters. The summed E-state index contributed by atoms with van der Waals surface area (Å²) in [5, 5.41) is 9.90. The number of aromatic nitrogens is 2. The maximum absolute atomic E-state index is 12.6. The number of carbonyl (C=O) groups excluding carboxylic acids is 1. The molecule has 2 N–H and O–H groups in total. The van der Waals surface area contributed by atoms with Crippen molar-refractivity contribution in [2.45, 2.75) is 11.6 Å². The highest BCUT2D eigenvalue weighted by atomic mass is 32.2. The smallest absolute Gasteiger partial charge is 0.298 e. The molecule has 0 aliphatic carbocycles. The van der Waals surface area contributed by atoms with Crippen molar-refractivity contribution >= 4 is 38.7 Å². The SMILES string of the molecule is COc1c(/C=C/C(=O)NCc2ccco2)c(NS(=O)(=O)c2ccno2)cc2cnoc12. The third-order valence-corrected chi connectivity index (χ3v) is 5.41. The van der Waals surface area contributed by atoms with Gasteiger partial charge in [0.25, 0.3) is 15.1 Å². The fourth-order valence-corrected chi connectivity index (χ4v) is 3.74. The molecule has 11 nitrogen and oxygen atoms in total. The molecule has 0 aliphatic rings. The van der Waals surface area contributed by atoms with Crippen molar-refractivity contribution in [3.05, 3.63) is 60.3 Å². The lowest BCUT2D eigenvalue weighted by molar-refractivity contribution is -0.116. The maximum Gasteiger partial charge on any atom is 0.298 e. The normalized spacial score (nSPS) is 11.8. The van der Waals surface area contributed by atoms with Crippen LogP contribution < -0.4 is 14.8 Å². The van der Waals surface area contributed by atoms with Crippen molar-refractivity contribution in [3.63, 3.8) is 0 Å². The van der Waals surface area contributed by atoms with E-state index in [1.54, 1.807) is 12.1 Å². The van der Waals surface area contributed by atoms with Crippen LogP contribution in [-0.2, 0) is 21.4 Å². The number of anilines is 1. The van der Waals surface area contributed by atoms with Crippen LogP contribution in [0.5, 0.6) is 5.75 Å². The summed E-state index contributed by atoms with van der Waals surface area (Å²) in [6, 6.07) is 6.14. The van der Waals surface area contributed by atoms with Gasteiger partial charge < -0.3 is 23.5 Å². The van der Waals surface area contributed by atoms with E-state index < -0.39 is 15.9 Å². The number of hydrogen-bond acceptors (Lipinski definition) is 9. The van der Waals surface area contributed by atoms with Crippen molar-refractivity contribution in [3.8, 4) is 5.75 Å². The van der Waals surface area contributed by atoms with Crippen LogP contribution in [-0.4, -0.2) is 31.7 Å². The lowest BCUT2D eigenvalue weighted by Crippen LogP contribution is -2.19. The van der Waals surface area contributed by atoms with Crippen LogP contribution in [0.15, 0.2) is 67.6 Å². The molecule has 0 aliphatic heterocycles. The van der Waals surface area contributed by atoms with Crippen molar-refractivity contribution in [1.82, 2.24) is 15.6 Å². The predicted octanol–water partition coefficient (Wildman–Crippen LogP) is 2.55. The van der Waals surface area contributed by atoms with Gasteiger partial charge in [0.1, 0.15) is 5.76 Å². The maximum atomic E-state index is 12.6. The monoisotopic (exact) mass is 444 g/mol. The summed E-state index contributed by atoms with van der Waals surface area (Å²) in [4.78, 5) is 12.2. The van der Waals surface area contributed by atoms with Gasteiger partial charge in [-0.15, -0.1) is 0 Å². The molecule has 0 saturated carbocycles. The van der Waals surface area contributed by atoms with Gasteiger partial charge in [0.2, 0.25) is 11.5 Å². The van der Waals surface area contributed by atoms with Gasteiger partial charge in [-0.3, -0.25) is 9.52 Å². The number of sulfonamides is 1. The van der Waals surface area contributed by atoms with Crippen LogP contribution in [0.2, 0.25) is 0 Å². The lowest BCUT2D eigenvalue weighted by Gasteiger charge is -2.13. The van der Waals surface area contributed by atoms with Gasteiger partial charge in [0, 0.05) is 23.1 Å². The first-order valence-corrected chi connectivity index (χ1v) is 10.3. The zero-order valence-corrected chi connectivity index (χ0v) is 16.9. The third kappa shape index (κ3) is 4.28. The van der Waals surface area contributed by atoms with Crippen LogP contribution >= 0.6 is 0 Å². The van der Waals surface area contributed by atoms with E-state index in [2.05, 4.69) is 20.4 Å². The number of fused-ring (bicyclic) bond motifs is 1. The van der Waals surface area contributed by atoms with Crippen LogP contribution in [0.25, 0.3) is 17.0 Å². The number of amides is 1. The Balaban J connectivity index is 1.68. The second-order valence-corrected chi connectivity index (χ2v) is 7.80. The Morgan fingerprint density at radius 3 is 2.84 bits per heavy atom. The summed E-state index contributed by atoms with van der Waals surface area (Å²) in [5.74, 6) is 0.350. The van der Waals surface area contributed by atoms with E-state index in [0.717, 1.165) is 0 Å². The average molecular weight is 444 g/mol. The molecular weight excluding hydrogens is 428 g/mol. The molecule has 0 spiro atoms. The Hall–Kier alpha value is -4.06. The van der Waals surface area contributed by atoms with Crippen LogP contribution in [0, 0.1) is 0 Å². The Bertz CT molecular complexity index is 1320. The number of nitrogens with one attached hydrogen (secondary N) is 2. The Labute approximate surface area is 175 Å². The molecule has 12 heteroatoms. The Kier molecular flexibility index (Phi) is 5.45. The van der Waals surface area contributed by atoms with Crippen LogP contribution in [0.1, 0.15) is 11.3 Å². The number of nitrogens with zero attached hydrogens (tertiary/aromatic N) is 2. The third-order valence-electron chi connectivity index (χ3n) is 4.18. The summed E-state index contributed by atoms with van der Waals surface area (Å²) in [6.45, 7) is 0.194. The fourth-order valence-electron chi connectivity index (χ4n) is 2.80. The summed E-state index contributed by atoms with van der Waals surface area (Å²) >= 11 is 0. The molecule has 3 heterocycles. The molecule has 0 bridgehead atoms.